The van der Waals surface area contributed by atoms with Gasteiger partial charge in [0.1, 0.15) is 0 Å². The minimum Gasteiger partial charge on any atom is -0.459 e. The molecule has 0 spiro atoms. The summed E-state index contributed by atoms with van der Waals surface area (Å²) in [7, 11) is 0. The van der Waals surface area contributed by atoms with Crippen molar-refractivity contribution in [2.24, 2.45) is 0 Å². The first-order valence-electron chi connectivity index (χ1n) is 6.59. The van der Waals surface area contributed by atoms with E-state index in [1.807, 2.05) is 0 Å². The van der Waals surface area contributed by atoms with Crippen molar-refractivity contribution in [2.45, 2.75) is 25.6 Å². The second-order valence-electron chi connectivity index (χ2n) is 4.91. The zero-order valence-electron chi connectivity index (χ0n) is 11.2. The van der Waals surface area contributed by atoms with Crippen LogP contribution in [0.25, 0.3) is 11.7 Å². The molecular formula is C13H17N3O4. The van der Waals surface area contributed by atoms with Crippen LogP contribution >= 0.6 is 0 Å². The summed E-state index contributed by atoms with van der Waals surface area (Å²) < 4.78 is 15.9. The zero-order chi connectivity index (χ0) is 13.9. The van der Waals surface area contributed by atoms with Gasteiger partial charge >= 0.3 is 0 Å². The van der Waals surface area contributed by atoms with Gasteiger partial charge in [0.15, 0.2) is 11.6 Å². The maximum atomic E-state index is 9.18. The van der Waals surface area contributed by atoms with Gasteiger partial charge in [0.25, 0.3) is 5.89 Å². The van der Waals surface area contributed by atoms with E-state index in [9.17, 15) is 5.11 Å². The zero-order valence-corrected chi connectivity index (χ0v) is 11.2. The molecule has 1 aliphatic heterocycles. The lowest BCUT2D eigenvalue weighted by Gasteiger charge is -2.36. The van der Waals surface area contributed by atoms with E-state index < -0.39 is 0 Å². The van der Waals surface area contributed by atoms with E-state index in [2.05, 4.69) is 22.0 Å². The highest BCUT2D eigenvalue weighted by atomic mass is 16.5. The van der Waals surface area contributed by atoms with Crippen LogP contribution in [-0.4, -0.2) is 52.1 Å². The molecule has 0 radical (unpaired) electrons. The lowest BCUT2D eigenvalue weighted by atomic mass is 10.2. The number of morpholine rings is 1. The van der Waals surface area contributed by atoms with Gasteiger partial charge in [-0.25, -0.2) is 0 Å². The third-order valence-electron chi connectivity index (χ3n) is 3.38. The van der Waals surface area contributed by atoms with Gasteiger partial charge in [-0.2, -0.15) is 4.98 Å². The van der Waals surface area contributed by atoms with Crippen LogP contribution in [0.4, 0.5) is 0 Å². The Morgan fingerprint density at radius 2 is 2.40 bits per heavy atom. The molecule has 1 N–H and O–H groups in total. The van der Waals surface area contributed by atoms with Crippen molar-refractivity contribution in [3.63, 3.8) is 0 Å². The molecule has 2 unspecified atom stereocenters. The van der Waals surface area contributed by atoms with Crippen LogP contribution in [0.3, 0.4) is 0 Å². The largest absolute Gasteiger partial charge is 0.459 e. The average molecular weight is 279 g/mol. The van der Waals surface area contributed by atoms with E-state index >= 15 is 0 Å². The summed E-state index contributed by atoms with van der Waals surface area (Å²) in [5.41, 5.74) is 0. The molecule has 1 saturated heterocycles. The van der Waals surface area contributed by atoms with Crippen LogP contribution in [0.5, 0.6) is 0 Å². The Kier molecular flexibility index (Phi) is 3.81. The van der Waals surface area contributed by atoms with Crippen LogP contribution in [0.1, 0.15) is 12.7 Å². The second kappa shape index (κ2) is 5.74. The van der Waals surface area contributed by atoms with Crippen molar-refractivity contribution in [1.82, 2.24) is 15.0 Å². The third kappa shape index (κ3) is 2.74. The fraction of sp³-hybridized carbons (Fsp3) is 0.538. The minimum atomic E-state index is -0.150. The molecule has 20 heavy (non-hydrogen) atoms. The van der Waals surface area contributed by atoms with E-state index in [-0.39, 0.29) is 18.8 Å². The molecule has 2 aromatic rings. The number of nitrogens with zero attached hydrogens (tertiary/aromatic N) is 3. The van der Waals surface area contributed by atoms with Crippen molar-refractivity contribution >= 4 is 0 Å². The molecule has 2 aromatic heterocycles. The van der Waals surface area contributed by atoms with Gasteiger partial charge in [0.05, 0.1) is 32.1 Å². The maximum Gasteiger partial charge on any atom is 0.293 e. The number of rotatable bonds is 4. The quantitative estimate of drug-likeness (QED) is 0.890. The van der Waals surface area contributed by atoms with Crippen LogP contribution in [0, 0.1) is 0 Å². The molecule has 1 fully saturated rings. The van der Waals surface area contributed by atoms with E-state index in [0.717, 1.165) is 0 Å². The lowest BCUT2D eigenvalue weighted by Crippen LogP contribution is -2.49. The van der Waals surface area contributed by atoms with Gasteiger partial charge in [0, 0.05) is 12.6 Å². The monoisotopic (exact) mass is 279 g/mol. The van der Waals surface area contributed by atoms with Crippen LogP contribution in [0.15, 0.2) is 27.3 Å². The van der Waals surface area contributed by atoms with E-state index in [1.54, 1.807) is 18.4 Å². The fourth-order valence-electron chi connectivity index (χ4n) is 2.21. The van der Waals surface area contributed by atoms with Crippen LogP contribution < -0.4 is 0 Å². The molecule has 7 heteroatoms. The molecule has 3 heterocycles. The molecule has 0 amide bonds. The molecule has 1 aliphatic rings. The molecular weight excluding hydrogens is 262 g/mol. The summed E-state index contributed by atoms with van der Waals surface area (Å²) in [6, 6.07) is 3.80. The number of furan rings is 1. The molecule has 0 saturated carbocycles. The first-order valence-corrected chi connectivity index (χ1v) is 6.59. The van der Waals surface area contributed by atoms with Gasteiger partial charge in [-0.3, -0.25) is 4.90 Å². The highest BCUT2D eigenvalue weighted by Gasteiger charge is 2.27. The number of aliphatic hydroxyl groups excluding tert-OH is 1. The topological polar surface area (TPSA) is 84.8 Å². The highest BCUT2D eigenvalue weighted by molar-refractivity contribution is 5.42. The van der Waals surface area contributed by atoms with E-state index in [4.69, 9.17) is 13.7 Å². The number of aliphatic hydroxyl groups is 1. The third-order valence-corrected chi connectivity index (χ3v) is 3.38. The van der Waals surface area contributed by atoms with Crippen molar-refractivity contribution < 1.29 is 18.8 Å². The van der Waals surface area contributed by atoms with Gasteiger partial charge in [0.2, 0.25) is 0 Å². The maximum absolute atomic E-state index is 9.18. The molecule has 2 atom stereocenters. The Bertz CT molecular complexity index is 540. The van der Waals surface area contributed by atoms with Crippen LogP contribution in [-0.2, 0) is 11.3 Å². The molecule has 0 bridgehead atoms. The lowest BCUT2D eigenvalue weighted by molar-refractivity contribution is -0.0813. The second-order valence-corrected chi connectivity index (χ2v) is 4.91. The van der Waals surface area contributed by atoms with Gasteiger partial charge in [-0.05, 0) is 19.1 Å². The predicted octanol–water partition coefficient (Wildman–Crippen LogP) is 0.911. The smallest absolute Gasteiger partial charge is 0.293 e. The van der Waals surface area contributed by atoms with Crippen molar-refractivity contribution in [2.75, 3.05) is 19.8 Å². The van der Waals surface area contributed by atoms with Crippen molar-refractivity contribution in [3.05, 3.63) is 24.2 Å². The van der Waals surface area contributed by atoms with Crippen molar-refractivity contribution in [3.8, 4) is 11.7 Å². The summed E-state index contributed by atoms with van der Waals surface area (Å²) in [5, 5.41) is 13.1. The van der Waals surface area contributed by atoms with Gasteiger partial charge < -0.3 is 18.8 Å². The molecule has 0 aliphatic carbocycles. The minimum absolute atomic E-state index is 0.0209. The molecule has 108 valence electrons. The SMILES string of the molecule is CC1COC(CO)CN1Cc1noc(-c2ccco2)n1. The first-order chi connectivity index (χ1) is 9.76. The Hall–Kier alpha value is -1.70. The van der Waals surface area contributed by atoms with E-state index in [1.165, 1.54) is 0 Å². The summed E-state index contributed by atoms with van der Waals surface area (Å²) in [6.07, 6.45) is 1.41. The average Bonchev–Trinajstić information content (AvgIpc) is 3.12. The first kappa shape index (κ1) is 13.3. The normalized spacial score (nSPS) is 24.1. The Morgan fingerprint density at radius 1 is 1.50 bits per heavy atom. The molecule has 0 aromatic carbocycles. The van der Waals surface area contributed by atoms with E-state index in [0.29, 0.717) is 37.2 Å². The Balaban J connectivity index is 1.68. The summed E-state index contributed by atoms with van der Waals surface area (Å²) >= 11 is 0. The Labute approximate surface area is 116 Å². The Morgan fingerprint density at radius 3 is 3.15 bits per heavy atom. The predicted molar refractivity (Wildman–Crippen MR) is 68.7 cm³/mol. The van der Waals surface area contributed by atoms with Crippen LogP contribution in [0.2, 0.25) is 0 Å². The summed E-state index contributed by atoms with van der Waals surface area (Å²) in [6.45, 7) is 3.90. The van der Waals surface area contributed by atoms with Gasteiger partial charge in [-0.15, -0.1) is 0 Å². The number of hydrogen-bond acceptors (Lipinski definition) is 7. The molecule has 7 nitrogen and oxygen atoms in total. The fourth-order valence-corrected chi connectivity index (χ4v) is 2.21. The number of ether oxygens (including phenoxy) is 1. The van der Waals surface area contributed by atoms with Gasteiger partial charge in [-0.1, -0.05) is 5.16 Å². The highest BCUT2D eigenvalue weighted by Crippen LogP contribution is 2.19. The standard InChI is InChI=1S/C13H17N3O4/c1-9-8-19-10(7-17)5-16(9)6-12-14-13(20-15-12)11-3-2-4-18-11/h2-4,9-10,17H,5-8H2,1H3. The number of hydrogen-bond donors (Lipinski definition) is 1. The summed E-state index contributed by atoms with van der Waals surface area (Å²) in [5.74, 6) is 1.54. The molecule has 3 rings (SSSR count). The van der Waals surface area contributed by atoms with Crippen molar-refractivity contribution in [1.29, 1.82) is 0 Å². The number of aromatic nitrogens is 2. The summed E-state index contributed by atoms with van der Waals surface area (Å²) in [4.78, 5) is 6.48.